The summed E-state index contributed by atoms with van der Waals surface area (Å²) >= 11 is 0. The summed E-state index contributed by atoms with van der Waals surface area (Å²) in [7, 11) is 0. The number of halogens is 1. The zero-order valence-electron chi connectivity index (χ0n) is 14.8. The van der Waals surface area contributed by atoms with Gasteiger partial charge in [-0.2, -0.15) is 0 Å². The van der Waals surface area contributed by atoms with E-state index < -0.39 is 0 Å². The molecule has 2 aliphatic rings. The van der Waals surface area contributed by atoms with Crippen LogP contribution >= 0.6 is 0 Å². The summed E-state index contributed by atoms with van der Waals surface area (Å²) in [5.74, 6) is 1.12. The second kappa shape index (κ2) is 9.53. The van der Waals surface area contributed by atoms with Gasteiger partial charge < -0.3 is 0 Å². The molecule has 1 heteroatoms. The minimum absolute atomic E-state index is 0.0525. The lowest BCUT2D eigenvalue weighted by molar-refractivity contribution is 0.342. The van der Waals surface area contributed by atoms with Gasteiger partial charge in [-0.3, -0.25) is 0 Å². The fourth-order valence-electron chi connectivity index (χ4n) is 4.38. The number of allylic oxidation sites excluding steroid dienone is 4. The van der Waals surface area contributed by atoms with Crippen LogP contribution in [0.2, 0.25) is 0 Å². The van der Waals surface area contributed by atoms with Crippen molar-refractivity contribution in [2.24, 2.45) is 11.8 Å². The third kappa shape index (κ3) is 5.25. The molecule has 0 saturated heterocycles. The van der Waals surface area contributed by atoms with Gasteiger partial charge in [-0.1, -0.05) is 76.2 Å². The molecule has 0 aromatic heterocycles. The molecule has 2 rings (SSSR count). The number of rotatable bonds is 0. The number of hydrogen-bond acceptors (Lipinski definition) is 0. The standard InChI is InChI=1S/C21H35F/c1-17-16-21(22)18(2)20-15-13-11-9-7-5-3-4-6-8-10-12-14-19(17)20/h16,19-20H,3-15H2,1-2H3. The smallest absolute Gasteiger partial charge is 0.122 e. The predicted octanol–water partition coefficient (Wildman–Crippen LogP) is 7.51. The average Bonchev–Trinajstić information content (AvgIpc) is 2.50. The van der Waals surface area contributed by atoms with Crippen LogP contribution in [0.4, 0.5) is 4.39 Å². The van der Waals surface area contributed by atoms with E-state index in [1.165, 1.54) is 89.0 Å². The molecule has 0 nitrogen and oxygen atoms in total. The molecule has 1 saturated carbocycles. The van der Waals surface area contributed by atoms with Gasteiger partial charge in [0.1, 0.15) is 5.83 Å². The molecule has 0 heterocycles. The fourth-order valence-corrected chi connectivity index (χ4v) is 4.38. The van der Waals surface area contributed by atoms with Crippen molar-refractivity contribution < 1.29 is 4.39 Å². The molecule has 2 unspecified atom stereocenters. The summed E-state index contributed by atoms with van der Waals surface area (Å²) in [5, 5.41) is 0. The monoisotopic (exact) mass is 306 g/mol. The van der Waals surface area contributed by atoms with E-state index in [1.807, 2.05) is 13.0 Å². The zero-order chi connectivity index (χ0) is 15.8. The Morgan fingerprint density at radius 2 is 1.09 bits per heavy atom. The molecule has 0 aliphatic heterocycles. The minimum Gasteiger partial charge on any atom is -0.207 e. The predicted molar refractivity (Wildman–Crippen MR) is 94.6 cm³/mol. The van der Waals surface area contributed by atoms with Gasteiger partial charge in [0.15, 0.2) is 0 Å². The maximum absolute atomic E-state index is 14.1. The Morgan fingerprint density at radius 3 is 1.59 bits per heavy atom. The van der Waals surface area contributed by atoms with Crippen LogP contribution in [0.3, 0.4) is 0 Å². The van der Waals surface area contributed by atoms with Crippen LogP contribution in [0.15, 0.2) is 23.0 Å². The van der Waals surface area contributed by atoms with Crippen LogP contribution in [0, 0.1) is 11.8 Å². The van der Waals surface area contributed by atoms with Crippen molar-refractivity contribution in [3.8, 4) is 0 Å². The maximum atomic E-state index is 14.1. The van der Waals surface area contributed by atoms with Crippen molar-refractivity contribution in [2.75, 3.05) is 0 Å². The van der Waals surface area contributed by atoms with E-state index in [0.717, 1.165) is 5.57 Å². The molecule has 0 amide bonds. The SMILES string of the molecule is CC1=CC(F)=C(C)C2CCCCCCCCCCCCCC12. The Hall–Kier alpha value is -0.590. The second-order valence-corrected chi connectivity index (χ2v) is 7.60. The Labute approximate surface area is 137 Å². The van der Waals surface area contributed by atoms with Crippen LogP contribution < -0.4 is 0 Å². The van der Waals surface area contributed by atoms with Crippen LogP contribution in [-0.4, -0.2) is 0 Å². The molecule has 0 bridgehead atoms. The third-order valence-corrected chi connectivity index (χ3v) is 5.89. The van der Waals surface area contributed by atoms with E-state index >= 15 is 0 Å². The third-order valence-electron chi connectivity index (χ3n) is 5.89. The van der Waals surface area contributed by atoms with Gasteiger partial charge in [0.2, 0.25) is 0 Å². The molecule has 126 valence electrons. The first-order chi connectivity index (χ1) is 10.7. The second-order valence-electron chi connectivity index (χ2n) is 7.60. The van der Waals surface area contributed by atoms with Crippen molar-refractivity contribution in [1.29, 1.82) is 0 Å². The summed E-state index contributed by atoms with van der Waals surface area (Å²) in [4.78, 5) is 0. The normalized spacial score (nSPS) is 30.0. The molecule has 0 aromatic carbocycles. The molecule has 0 N–H and O–H groups in total. The van der Waals surface area contributed by atoms with Gasteiger partial charge in [-0.25, -0.2) is 4.39 Å². The van der Waals surface area contributed by atoms with Crippen molar-refractivity contribution in [2.45, 2.75) is 97.3 Å². The summed E-state index contributed by atoms with van der Waals surface area (Å²) in [5.41, 5.74) is 2.32. The first-order valence-corrected chi connectivity index (χ1v) is 9.74. The van der Waals surface area contributed by atoms with Crippen molar-refractivity contribution in [3.05, 3.63) is 23.0 Å². The summed E-state index contributed by atoms with van der Waals surface area (Å²) in [6.45, 7) is 4.18. The van der Waals surface area contributed by atoms with E-state index in [0.29, 0.717) is 11.8 Å². The lowest BCUT2D eigenvalue weighted by Crippen LogP contribution is -2.21. The Kier molecular flexibility index (Phi) is 7.69. The molecule has 2 aliphatic carbocycles. The molecular weight excluding hydrogens is 271 g/mol. The van der Waals surface area contributed by atoms with Crippen molar-refractivity contribution in [1.82, 2.24) is 0 Å². The first-order valence-electron chi connectivity index (χ1n) is 9.74. The van der Waals surface area contributed by atoms with Gasteiger partial charge in [0.25, 0.3) is 0 Å². The van der Waals surface area contributed by atoms with Gasteiger partial charge in [0, 0.05) is 0 Å². The van der Waals surface area contributed by atoms with Crippen molar-refractivity contribution in [3.63, 3.8) is 0 Å². The Morgan fingerprint density at radius 1 is 0.682 bits per heavy atom. The average molecular weight is 307 g/mol. The number of fused-ring (bicyclic) bond motifs is 1. The lowest BCUT2D eigenvalue weighted by Gasteiger charge is -2.32. The van der Waals surface area contributed by atoms with E-state index in [2.05, 4.69) is 6.92 Å². The largest absolute Gasteiger partial charge is 0.207 e. The van der Waals surface area contributed by atoms with E-state index in [-0.39, 0.29) is 5.83 Å². The molecular formula is C21H35F. The fraction of sp³-hybridized carbons (Fsp3) is 0.810. The first kappa shape index (κ1) is 17.8. The van der Waals surface area contributed by atoms with Crippen LogP contribution in [0.25, 0.3) is 0 Å². The quantitative estimate of drug-likeness (QED) is 0.434. The molecule has 0 radical (unpaired) electrons. The summed E-state index contributed by atoms with van der Waals surface area (Å²) in [6, 6.07) is 0. The van der Waals surface area contributed by atoms with Gasteiger partial charge in [-0.05, 0) is 50.2 Å². The highest BCUT2D eigenvalue weighted by molar-refractivity contribution is 5.31. The van der Waals surface area contributed by atoms with Gasteiger partial charge >= 0.3 is 0 Å². The molecule has 0 spiro atoms. The van der Waals surface area contributed by atoms with Crippen LogP contribution in [0.5, 0.6) is 0 Å². The molecule has 0 aromatic rings. The van der Waals surface area contributed by atoms with Gasteiger partial charge in [-0.15, -0.1) is 0 Å². The summed E-state index contributed by atoms with van der Waals surface area (Å²) in [6.07, 6.45) is 19.4. The van der Waals surface area contributed by atoms with Crippen molar-refractivity contribution >= 4 is 0 Å². The Bertz CT molecular complexity index is 391. The maximum Gasteiger partial charge on any atom is 0.122 e. The Balaban J connectivity index is 1.98. The minimum atomic E-state index is 0.0525. The van der Waals surface area contributed by atoms with Crippen LogP contribution in [0.1, 0.15) is 97.3 Å². The highest BCUT2D eigenvalue weighted by Crippen LogP contribution is 2.41. The van der Waals surface area contributed by atoms with Gasteiger partial charge in [0.05, 0.1) is 0 Å². The number of hydrogen-bond donors (Lipinski definition) is 0. The molecule has 1 fully saturated rings. The summed E-state index contributed by atoms with van der Waals surface area (Å²) < 4.78 is 14.1. The topological polar surface area (TPSA) is 0 Å². The lowest BCUT2D eigenvalue weighted by atomic mass is 9.73. The van der Waals surface area contributed by atoms with E-state index in [1.54, 1.807) is 0 Å². The zero-order valence-corrected chi connectivity index (χ0v) is 14.8. The molecule has 22 heavy (non-hydrogen) atoms. The van der Waals surface area contributed by atoms with E-state index in [4.69, 9.17) is 0 Å². The highest BCUT2D eigenvalue weighted by atomic mass is 19.1. The highest BCUT2D eigenvalue weighted by Gasteiger charge is 2.29. The molecule has 2 atom stereocenters. The van der Waals surface area contributed by atoms with Crippen LogP contribution in [-0.2, 0) is 0 Å². The van der Waals surface area contributed by atoms with E-state index in [9.17, 15) is 4.39 Å².